The van der Waals surface area contributed by atoms with E-state index >= 15 is 0 Å². The van der Waals surface area contributed by atoms with E-state index in [9.17, 15) is 4.79 Å². The fraction of sp³-hybridized carbons (Fsp3) is 0.208. The minimum atomic E-state index is -0.543. The third-order valence-electron chi connectivity index (χ3n) is 4.91. The van der Waals surface area contributed by atoms with Crippen molar-refractivity contribution in [1.82, 2.24) is 19.9 Å². The number of anilines is 1. The molecule has 0 fully saturated rings. The molecule has 0 aliphatic carbocycles. The van der Waals surface area contributed by atoms with Crippen LogP contribution in [-0.2, 0) is 11.2 Å². The summed E-state index contributed by atoms with van der Waals surface area (Å²) < 4.78 is 5.18. The third kappa shape index (κ3) is 4.21. The van der Waals surface area contributed by atoms with Crippen molar-refractivity contribution in [2.24, 2.45) is 0 Å². The average Bonchev–Trinajstić information content (AvgIpc) is 2.74. The van der Waals surface area contributed by atoms with Gasteiger partial charge < -0.3 is 10.5 Å². The average molecular weight is 413 g/mol. The molecule has 0 atom stereocenters. The molecule has 7 nitrogen and oxygen atoms in total. The minimum Gasteiger partial charge on any atom is -0.462 e. The lowest BCUT2D eigenvalue weighted by Crippen LogP contribution is -2.15. The third-order valence-corrected chi connectivity index (χ3v) is 4.91. The molecular weight excluding hydrogens is 390 g/mol. The lowest BCUT2D eigenvalue weighted by atomic mass is 10.1. The van der Waals surface area contributed by atoms with E-state index in [-0.39, 0.29) is 24.4 Å². The molecule has 4 rings (SSSR count). The number of nitrogens with zero attached hydrogens (tertiary/aromatic N) is 4. The fourth-order valence-electron chi connectivity index (χ4n) is 3.49. The predicted molar refractivity (Wildman–Crippen MR) is 120 cm³/mol. The number of hydrogen-bond donors (Lipinski definition) is 1. The maximum absolute atomic E-state index is 12.5. The molecule has 2 aromatic carbocycles. The van der Waals surface area contributed by atoms with Gasteiger partial charge in [0.2, 0.25) is 0 Å². The molecule has 0 unspecified atom stereocenters. The van der Waals surface area contributed by atoms with Crippen molar-refractivity contribution in [3.8, 4) is 11.3 Å². The highest BCUT2D eigenvalue weighted by Crippen LogP contribution is 2.27. The number of aromatic nitrogens is 4. The number of benzene rings is 2. The summed E-state index contributed by atoms with van der Waals surface area (Å²) in [7, 11) is 0. The molecule has 4 aromatic rings. The highest BCUT2D eigenvalue weighted by Gasteiger charge is 2.22. The van der Waals surface area contributed by atoms with Gasteiger partial charge in [-0.1, -0.05) is 42.0 Å². The molecule has 0 saturated heterocycles. The molecule has 0 spiro atoms. The Hall–Kier alpha value is -3.87. The van der Waals surface area contributed by atoms with Crippen molar-refractivity contribution in [3.63, 3.8) is 0 Å². The first-order valence-corrected chi connectivity index (χ1v) is 10.1. The van der Waals surface area contributed by atoms with E-state index < -0.39 is 5.97 Å². The molecular formula is C24H23N5O2. The van der Waals surface area contributed by atoms with Crippen LogP contribution in [0.4, 0.5) is 5.82 Å². The van der Waals surface area contributed by atoms with Gasteiger partial charge >= 0.3 is 5.97 Å². The van der Waals surface area contributed by atoms with E-state index in [1.54, 1.807) is 6.92 Å². The first-order valence-electron chi connectivity index (χ1n) is 10.1. The molecule has 0 saturated carbocycles. The van der Waals surface area contributed by atoms with Crippen LogP contribution in [-0.4, -0.2) is 32.5 Å². The second-order valence-corrected chi connectivity index (χ2v) is 7.26. The number of esters is 1. The number of hydrogen-bond acceptors (Lipinski definition) is 7. The van der Waals surface area contributed by atoms with Gasteiger partial charge in [0.1, 0.15) is 23.0 Å². The largest absolute Gasteiger partial charge is 0.462 e. The number of fused-ring (bicyclic) bond motifs is 1. The van der Waals surface area contributed by atoms with E-state index in [4.69, 9.17) is 10.5 Å². The topological polar surface area (TPSA) is 104 Å². The summed E-state index contributed by atoms with van der Waals surface area (Å²) in [5.74, 6) is 0.570. The Balaban J connectivity index is 1.79. The van der Waals surface area contributed by atoms with E-state index in [2.05, 4.69) is 26.0 Å². The summed E-state index contributed by atoms with van der Waals surface area (Å²) >= 11 is 0. The van der Waals surface area contributed by atoms with Crippen LogP contribution in [0.1, 0.15) is 40.2 Å². The van der Waals surface area contributed by atoms with Crippen molar-refractivity contribution in [3.05, 3.63) is 77.0 Å². The molecule has 7 heteroatoms. The molecule has 0 aliphatic heterocycles. The SMILES string of the molecule is CCOC(=O)c1c(N)nc(Cc2nc(C)c3cc(C)ccc3n2)nc1-c1ccccc1. The Morgan fingerprint density at radius 1 is 0.968 bits per heavy atom. The Morgan fingerprint density at radius 2 is 1.71 bits per heavy atom. The molecule has 2 aromatic heterocycles. The van der Waals surface area contributed by atoms with Crippen LogP contribution in [0.25, 0.3) is 22.2 Å². The zero-order chi connectivity index (χ0) is 22.0. The molecule has 2 heterocycles. The van der Waals surface area contributed by atoms with Crippen LogP contribution in [0.5, 0.6) is 0 Å². The fourth-order valence-corrected chi connectivity index (χ4v) is 3.49. The van der Waals surface area contributed by atoms with Crippen molar-refractivity contribution in [1.29, 1.82) is 0 Å². The predicted octanol–water partition coefficient (Wildman–Crippen LogP) is 4.05. The summed E-state index contributed by atoms with van der Waals surface area (Å²) in [6, 6.07) is 15.5. The van der Waals surface area contributed by atoms with Gasteiger partial charge in [-0.2, -0.15) is 0 Å². The van der Waals surface area contributed by atoms with Gasteiger partial charge in [0, 0.05) is 16.6 Å². The van der Waals surface area contributed by atoms with E-state index in [1.165, 1.54) is 0 Å². The maximum Gasteiger partial charge on any atom is 0.344 e. The standard InChI is InChI=1S/C24H23N5O2/c1-4-31-24(30)21-22(16-8-6-5-7-9-16)28-20(29-23(21)25)13-19-26-15(3)17-12-14(2)10-11-18(17)27-19/h5-12H,4,13H2,1-3H3,(H2,25,28,29). The lowest BCUT2D eigenvalue weighted by molar-refractivity contribution is 0.0527. The summed E-state index contributed by atoms with van der Waals surface area (Å²) in [5.41, 5.74) is 10.5. The Bertz CT molecular complexity index is 1270. The van der Waals surface area contributed by atoms with Crippen LogP contribution in [0, 0.1) is 13.8 Å². The zero-order valence-electron chi connectivity index (χ0n) is 17.7. The van der Waals surface area contributed by atoms with Gasteiger partial charge in [0.05, 0.1) is 24.2 Å². The zero-order valence-corrected chi connectivity index (χ0v) is 17.7. The molecule has 0 radical (unpaired) electrons. The number of carbonyl (C=O) groups excluding carboxylic acids is 1. The molecule has 2 N–H and O–H groups in total. The first kappa shape index (κ1) is 20.4. The lowest BCUT2D eigenvalue weighted by Gasteiger charge is -2.13. The Labute approximate surface area is 180 Å². The minimum absolute atomic E-state index is 0.0791. The second-order valence-electron chi connectivity index (χ2n) is 7.26. The van der Waals surface area contributed by atoms with Gasteiger partial charge in [-0.25, -0.2) is 24.7 Å². The number of nitrogen functional groups attached to an aromatic ring is 1. The van der Waals surface area contributed by atoms with Gasteiger partial charge in [0.15, 0.2) is 0 Å². The Kier molecular flexibility index (Phi) is 5.58. The first-order chi connectivity index (χ1) is 15.0. The molecule has 0 bridgehead atoms. The van der Waals surface area contributed by atoms with Crippen molar-refractivity contribution >= 4 is 22.7 Å². The van der Waals surface area contributed by atoms with Gasteiger partial charge in [-0.05, 0) is 32.9 Å². The number of nitrogens with two attached hydrogens (primary N) is 1. The van der Waals surface area contributed by atoms with E-state index in [0.717, 1.165) is 27.7 Å². The summed E-state index contributed by atoms with van der Waals surface area (Å²) in [4.78, 5) is 30.9. The summed E-state index contributed by atoms with van der Waals surface area (Å²) in [6.45, 7) is 5.98. The Morgan fingerprint density at radius 3 is 2.45 bits per heavy atom. The molecule has 0 amide bonds. The molecule has 0 aliphatic rings. The highest BCUT2D eigenvalue weighted by molar-refractivity contribution is 6.00. The smallest absolute Gasteiger partial charge is 0.344 e. The van der Waals surface area contributed by atoms with Crippen molar-refractivity contribution in [2.75, 3.05) is 12.3 Å². The number of rotatable bonds is 5. The van der Waals surface area contributed by atoms with Gasteiger partial charge in [-0.15, -0.1) is 0 Å². The molecule has 156 valence electrons. The van der Waals surface area contributed by atoms with Gasteiger partial charge in [-0.3, -0.25) is 0 Å². The number of ether oxygens (including phenoxy) is 1. The van der Waals surface area contributed by atoms with E-state index in [1.807, 2.05) is 56.3 Å². The van der Waals surface area contributed by atoms with Crippen LogP contribution in [0.3, 0.4) is 0 Å². The second kappa shape index (κ2) is 8.47. The van der Waals surface area contributed by atoms with Crippen LogP contribution >= 0.6 is 0 Å². The van der Waals surface area contributed by atoms with Crippen molar-refractivity contribution < 1.29 is 9.53 Å². The summed E-state index contributed by atoms with van der Waals surface area (Å²) in [6.07, 6.45) is 0.289. The number of aryl methyl sites for hydroxylation is 2. The summed E-state index contributed by atoms with van der Waals surface area (Å²) in [5, 5.41) is 1.02. The van der Waals surface area contributed by atoms with Crippen LogP contribution < -0.4 is 5.73 Å². The van der Waals surface area contributed by atoms with Crippen molar-refractivity contribution in [2.45, 2.75) is 27.2 Å². The molecule has 31 heavy (non-hydrogen) atoms. The highest BCUT2D eigenvalue weighted by atomic mass is 16.5. The number of carbonyl (C=O) groups is 1. The van der Waals surface area contributed by atoms with Crippen LogP contribution in [0.2, 0.25) is 0 Å². The monoisotopic (exact) mass is 413 g/mol. The van der Waals surface area contributed by atoms with Gasteiger partial charge in [0.25, 0.3) is 0 Å². The van der Waals surface area contributed by atoms with Crippen LogP contribution in [0.15, 0.2) is 48.5 Å². The quantitative estimate of drug-likeness (QED) is 0.492. The normalized spacial score (nSPS) is 10.9. The maximum atomic E-state index is 12.5. The van der Waals surface area contributed by atoms with E-state index in [0.29, 0.717) is 17.3 Å².